The summed E-state index contributed by atoms with van der Waals surface area (Å²) in [4.78, 5) is 33.8. The molecule has 1 saturated heterocycles. The topological polar surface area (TPSA) is 97.4 Å². The van der Waals surface area contributed by atoms with E-state index in [0.717, 1.165) is 5.56 Å². The third-order valence-electron chi connectivity index (χ3n) is 3.89. The maximum atomic E-state index is 11.6. The van der Waals surface area contributed by atoms with Gasteiger partial charge in [-0.25, -0.2) is 0 Å². The normalized spacial score (nSPS) is 26.9. The zero-order valence-electron chi connectivity index (χ0n) is 15.8. The second-order valence-corrected chi connectivity index (χ2v) is 7.29. The van der Waals surface area contributed by atoms with E-state index in [1.807, 2.05) is 30.3 Å². The maximum Gasteiger partial charge on any atom is 0.303 e. The highest BCUT2D eigenvalue weighted by atomic mass is 79.9. The van der Waals surface area contributed by atoms with Crippen LogP contribution in [0.5, 0.6) is 0 Å². The average molecular weight is 459 g/mol. The summed E-state index contributed by atoms with van der Waals surface area (Å²) < 4.78 is 27.4. The van der Waals surface area contributed by atoms with Crippen LogP contribution < -0.4 is 0 Å². The number of benzene rings is 1. The summed E-state index contributed by atoms with van der Waals surface area (Å²) in [6.07, 6.45) is -3.57. The number of halogens is 1. The second kappa shape index (κ2) is 10.5. The van der Waals surface area contributed by atoms with Crippen molar-refractivity contribution in [3.8, 4) is 0 Å². The van der Waals surface area contributed by atoms with Crippen LogP contribution in [0.15, 0.2) is 30.3 Å². The first-order chi connectivity index (χ1) is 13.3. The van der Waals surface area contributed by atoms with Gasteiger partial charge in [-0.3, -0.25) is 14.4 Å². The second-order valence-electron chi connectivity index (χ2n) is 6.23. The van der Waals surface area contributed by atoms with Gasteiger partial charge in [0.2, 0.25) is 0 Å². The van der Waals surface area contributed by atoms with E-state index in [9.17, 15) is 14.4 Å². The first kappa shape index (κ1) is 22.3. The Kier molecular flexibility index (Phi) is 8.40. The largest absolute Gasteiger partial charge is 0.463 e. The van der Waals surface area contributed by atoms with Crippen LogP contribution in [0, 0.1) is 0 Å². The monoisotopic (exact) mass is 458 g/mol. The van der Waals surface area contributed by atoms with E-state index in [1.54, 1.807) is 0 Å². The molecule has 1 fully saturated rings. The van der Waals surface area contributed by atoms with Gasteiger partial charge in [-0.05, 0) is 5.56 Å². The number of carbonyl (C=O) groups excluding carboxylic acids is 3. The Bertz CT molecular complexity index is 680. The standard InChI is InChI=1S/C19H23BrO8/c1-11(21)24-10-15-17(26-12(2)22)18(27-13(3)23)16(20)19(28-15)25-9-14-7-5-4-6-8-14/h4-8,15-19H,9-10H2,1-3H3/t15-,16+,17-,18-,19+/m1/s1. The Morgan fingerprint density at radius 1 is 0.964 bits per heavy atom. The number of esters is 3. The quantitative estimate of drug-likeness (QED) is 0.348. The van der Waals surface area contributed by atoms with Crippen LogP contribution in [0.25, 0.3) is 0 Å². The Morgan fingerprint density at radius 3 is 2.14 bits per heavy atom. The number of alkyl halides is 1. The van der Waals surface area contributed by atoms with Crippen molar-refractivity contribution in [2.45, 2.75) is 56.8 Å². The number of ether oxygens (including phenoxy) is 5. The molecule has 0 saturated carbocycles. The van der Waals surface area contributed by atoms with Gasteiger partial charge in [0.15, 0.2) is 18.5 Å². The lowest BCUT2D eigenvalue weighted by Gasteiger charge is -2.42. The molecule has 0 radical (unpaired) electrons. The van der Waals surface area contributed by atoms with E-state index < -0.39 is 47.3 Å². The molecule has 1 heterocycles. The maximum absolute atomic E-state index is 11.6. The van der Waals surface area contributed by atoms with Crippen molar-refractivity contribution in [1.82, 2.24) is 0 Å². The lowest BCUT2D eigenvalue weighted by molar-refractivity contribution is -0.264. The Hall–Kier alpha value is -1.97. The molecule has 0 aromatic heterocycles. The number of hydrogen-bond donors (Lipinski definition) is 0. The zero-order chi connectivity index (χ0) is 20.7. The molecule has 1 aromatic carbocycles. The van der Waals surface area contributed by atoms with Gasteiger partial charge in [-0.1, -0.05) is 46.3 Å². The van der Waals surface area contributed by atoms with E-state index >= 15 is 0 Å². The summed E-state index contributed by atoms with van der Waals surface area (Å²) in [7, 11) is 0. The minimum atomic E-state index is -0.971. The summed E-state index contributed by atoms with van der Waals surface area (Å²) in [5, 5.41) is 0. The molecular weight excluding hydrogens is 436 g/mol. The van der Waals surface area contributed by atoms with E-state index in [2.05, 4.69) is 15.9 Å². The Balaban J connectivity index is 2.19. The van der Waals surface area contributed by atoms with E-state index in [-0.39, 0.29) is 13.2 Å². The molecule has 1 aromatic rings. The summed E-state index contributed by atoms with van der Waals surface area (Å²) >= 11 is 3.43. The molecule has 28 heavy (non-hydrogen) atoms. The summed E-state index contributed by atoms with van der Waals surface area (Å²) in [6.45, 7) is 3.80. The molecule has 0 bridgehead atoms. The van der Waals surface area contributed by atoms with Crippen molar-refractivity contribution in [2.75, 3.05) is 6.61 Å². The molecule has 1 aliphatic heterocycles. The smallest absolute Gasteiger partial charge is 0.303 e. The van der Waals surface area contributed by atoms with Crippen molar-refractivity contribution < 1.29 is 38.1 Å². The number of rotatable bonds is 7. The molecule has 0 amide bonds. The van der Waals surface area contributed by atoms with Crippen molar-refractivity contribution in [1.29, 1.82) is 0 Å². The lowest BCUT2D eigenvalue weighted by Crippen LogP contribution is -2.60. The Morgan fingerprint density at radius 2 is 1.57 bits per heavy atom. The van der Waals surface area contributed by atoms with E-state index in [0.29, 0.717) is 0 Å². The predicted octanol–water partition coefficient (Wildman–Crippen LogP) is 2.12. The third-order valence-corrected chi connectivity index (χ3v) is 4.84. The SMILES string of the molecule is CC(=O)OC[C@H]1O[C@H](OCc2ccccc2)[C@@H](Br)[C@@H](OC(C)=O)[C@@H]1OC(C)=O. The first-order valence-corrected chi connectivity index (χ1v) is 9.62. The number of hydrogen-bond acceptors (Lipinski definition) is 8. The van der Waals surface area contributed by atoms with Gasteiger partial charge < -0.3 is 23.7 Å². The van der Waals surface area contributed by atoms with Crippen molar-refractivity contribution in [2.24, 2.45) is 0 Å². The highest BCUT2D eigenvalue weighted by Gasteiger charge is 2.49. The summed E-state index contributed by atoms with van der Waals surface area (Å²) in [5.74, 6) is -1.65. The van der Waals surface area contributed by atoms with Crippen LogP contribution in [-0.4, -0.2) is 53.9 Å². The average Bonchev–Trinajstić information content (AvgIpc) is 2.63. The van der Waals surface area contributed by atoms with Crippen molar-refractivity contribution in [3.05, 3.63) is 35.9 Å². The van der Waals surface area contributed by atoms with Gasteiger partial charge in [0.05, 0.1) is 6.61 Å². The minimum absolute atomic E-state index is 0.185. The fourth-order valence-electron chi connectivity index (χ4n) is 2.75. The third kappa shape index (κ3) is 6.57. The fraction of sp³-hybridized carbons (Fsp3) is 0.526. The van der Waals surface area contributed by atoms with E-state index in [4.69, 9.17) is 23.7 Å². The van der Waals surface area contributed by atoms with Crippen LogP contribution >= 0.6 is 15.9 Å². The Labute approximate surface area is 171 Å². The van der Waals surface area contributed by atoms with Gasteiger partial charge in [0.25, 0.3) is 0 Å². The number of carbonyl (C=O) groups is 3. The molecule has 0 unspecified atom stereocenters. The lowest BCUT2D eigenvalue weighted by atomic mass is 10.0. The van der Waals surface area contributed by atoms with Crippen LogP contribution in [0.4, 0.5) is 0 Å². The van der Waals surface area contributed by atoms with E-state index in [1.165, 1.54) is 20.8 Å². The van der Waals surface area contributed by atoms with Crippen LogP contribution in [0.3, 0.4) is 0 Å². The minimum Gasteiger partial charge on any atom is -0.463 e. The zero-order valence-corrected chi connectivity index (χ0v) is 17.4. The molecular formula is C19H23BrO8. The summed E-state index contributed by atoms with van der Waals surface area (Å²) in [5.41, 5.74) is 0.925. The highest BCUT2D eigenvalue weighted by molar-refractivity contribution is 9.09. The van der Waals surface area contributed by atoms with Crippen molar-refractivity contribution >= 4 is 33.8 Å². The predicted molar refractivity (Wildman–Crippen MR) is 100 cm³/mol. The van der Waals surface area contributed by atoms with Gasteiger partial charge in [0, 0.05) is 20.8 Å². The first-order valence-electron chi connectivity index (χ1n) is 8.70. The molecule has 1 aliphatic rings. The van der Waals surface area contributed by atoms with Gasteiger partial charge in [-0.15, -0.1) is 0 Å². The molecule has 5 atom stereocenters. The molecule has 0 spiro atoms. The van der Waals surface area contributed by atoms with Crippen LogP contribution in [0.1, 0.15) is 26.3 Å². The molecule has 0 N–H and O–H groups in total. The van der Waals surface area contributed by atoms with Gasteiger partial charge in [0.1, 0.15) is 17.5 Å². The molecule has 2 rings (SSSR count). The summed E-state index contributed by atoms with van der Waals surface area (Å²) in [6, 6.07) is 9.45. The molecule has 0 aliphatic carbocycles. The highest BCUT2D eigenvalue weighted by Crippen LogP contribution is 2.32. The van der Waals surface area contributed by atoms with Crippen molar-refractivity contribution in [3.63, 3.8) is 0 Å². The van der Waals surface area contributed by atoms with Gasteiger partial charge >= 0.3 is 17.9 Å². The van der Waals surface area contributed by atoms with Crippen LogP contribution in [-0.2, 0) is 44.7 Å². The molecule has 9 heteroatoms. The molecule has 154 valence electrons. The van der Waals surface area contributed by atoms with Crippen LogP contribution in [0.2, 0.25) is 0 Å². The molecule has 8 nitrogen and oxygen atoms in total. The fourth-order valence-corrected chi connectivity index (χ4v) is 3.43. The van der Waals surface area contributed by atoms with Gasteiger partial charge in [-0.2, -0.15) is 0 Å².